The van der Waals surface area contributed by atoms with Crippen molar-refractivity contribution in [3.05, 3.63) is 28.8 Å². The molecule has 0 heterocycles. The molecule has 0 radical (unpaired) electrons. The van der Waals surface area contributed by atoms with E-state index < -0.39 is 0 Å². The highest BCUT2D eigenvalue weighted by Gasteiger charge is 2.15. The highest BCUT2D eigenvalue weighted by molar-refractivity contribution is 7.99. The maximum atomic E-state index is 6.06. The maximum absolute atomic E-state index is 6.06. The summed E-state index contributed by atoms with van der Waals surface area (Å²) in [6.07, 6.45) is 0. The van der Waals surface area contributed by atoms with Gasteiger partial charge in [0.05, 0.1) is 7.11 Å². The minimum absolute atomic E-state index is 0.290. The molecule has 0 bridgehead atoms. The number of hydrogen-bond acceptors (Lipinski definition) is 3. The zero-order chi connectivity index (χ0) is 12.7. The Bertz CT molecular complexity index is 346. The molecule has 4 heteroatoms. The first-order valence-electron chi connectivity index (χ1n) is 5.87. The first kappa shape index (κ1) is 14.7. The van der Waals surface area contributed by atoms with Gasteiger partial charge in [-0.1, -0.05) is 25.4 Å². The van der Waals surface area contributed by atoms with Crippen LogP contribution in [0.3, 0.4) is 0 Å². The predicted octanol–water partition coefficient (Wildman–Crippen LogP) is 3.75. The Labute approximate surface area is 113 Å². The Morgan fingerprint density at radius 3 is 2.76 bits per heavy atom. The van der Waals surface area contributed by atoms with Crippen LogP contribution in [0.25, 0.3) is 0 Å². The molecule has 0 fully saturated rings. The molecule has 1 aromatic carbocycles. The summed E-state index contributed by atoms with van der Waals surface area (Å²) in [5.74, 6) is 3.04. The van der Waals surface area contributed by atoms with Gasteiger partial charge in [-0.25, -0.2) is 0 Å². The lowest BCUT2D eigenvalue weighted by Gasteiger charge is -2.20. The van der Waals surface area contributed by atoms with Gasteiger partial charge in [0, 0.05) is 22.4 Å². The van der Waals surface area contributed by atoms with Crippen molar-refractivity contribution >= 4 is 23.4 Å². The molecular weight excluding hydrogens is 254 g/mol. The number of thioether (sulfide) groups is 1. The standard InChI is InChI=1S/C13H20ClNOS/c1-4-15-12(9-17-5-2)11-8-10(14)6-7-13(11)16-3/h6-8,12,15H,4-5,9H2,1-3H3. The number of nitrogens with one attached hydrogen (secondary N) is 1. The SMILES string of the molecule is CCNC(CSCC)c1cc(Cl)ccc1OC. The van der Waals surface area contributed by atoms with E-state index in [1.165, 1.54) is 0 Å². The molecule has 1 N–H and O–H groups in total. The molecule has 1 atom stereocenters. The van der Waals surface area contributed by atoms with Crippen molar-refractivity contribution in [2.45, 2.75) is 19.9 Å². The first-order valence-corrected chi connectivity index (χ1v) is 7.40. The van der Waals surface area contributed by atoms with E-state index in [9.17, 15) is 0 Å². The smallest absolute Gasteiger partial charge is 0.123 e. The van der Waals surface area contributed by atoms with Crippen LogP contribution >= 0.6 is 23.4 Å². The highest BCUT2D eigenvalue weighted by Crippen LogP contribution is 2.30. The average molecular weight is 274 g/mol. The number of hydrogen-bond donors (Lipinski definition) is 1. The Morgan fingerprint density at radius 1 is 1.41 bits per heavy atom. The van der Waals surface area contributed by atoms with E-state index in [1.54, 1.807) is 7.11 Å². The lowest BCUT2D eigenvalue weighted by molar-refractivity contribution is 0.403. The van der Waals surface area contributed by atoms with Crippen LogP contribution in [0.5, 0.6) is 5.75 Å². The van der Waals surface area contributed by atoms with Crippen molar-refractivity contribution in [1.29, 1.82) is 0 Å². The summed E-state index contributed by atoms with van der Waals surface area (Å²) >= 11 is 7.98. The monoisotopic (exact) mass is 273 g/mol. The van der Waals surface area contributed by atoms with Crippen LogP contribution in [0, 0.1) is 0 Å². The Morgan fingerprint density at radius 2 is 2.18 bits per heavy atom. The van der Waals surface area contributed by atoms with Crippen molar-refractivity contribution in [3.8, 4) is 5.75 Å². The van der Waals surface area contributed by atoms with Gasteiger partial charge in [0.25, 0.3) is 0 Å². The zero-order valence-corrected chi connectivity index (χ0v) is 12.2. The van der Waals surface area contributed by atoms with Gasteiger partial charge in [0.2, 0.25) is 0 Å². The number of methoxy groups -OCH3 is 1. The fraction of sp³-hybridized carbons (Fsp3) is 0.538. The fourth-order valence-electron chi connectivity index (χ4n) is 1.72. The van der Waals surface area contributed by atoms with Gasteiger partial charge in [0.1, 0.15) is 5.75 Å². The van der Waals surface area contributed by atoms with Crippen molar-refractivity contribution in [2.24, 2.45) is 0 Å². The zero-order valence-electron chi connectivity index (χ0n) is 10.6. The molecule has 1 aromatic rings. The first-order chi connectivity index (χ1) is 8.22. The number of rotatable bonds is 7. The summed E-state index contributed by atoms with van der Waals surface area (Å²) in [6.45, 7) is 5.22. The molecule has 0 spiro atoms. The summed E-state index contributed by atoms with van der Waals surface area (Å²) in [6, 6.07) is 6.07. The van der Waals surface area contributed by atoms with Crippen LogP contribution in [0.4, 0.5) is 0 Å². The van der Waals surface area contributed by atoms with Gasteiger partial charge in [-0.05, 0) is 30.5 Å². The van der Waals surface area contributed by atoms with E-state index in [0.717, 1.165) is 34.4 Å². The summed E-state index contributed by atoms with van der Waals surface area (Å²) in [5.41, 5.74) is 1.14. The molecule has 0 aromatic heterocycles. The largest absolute Gasteiger partial charge is 0.496 e. The third-order valence-electron chi connectivity index (χ3n) is 2.51. The Kier molecular flexibility index (Phi) is 6.78. The van der Waals surface area contributed by atoms with Gasteiger partial charge in [-0.2, -0.15) is 11.8 Å². The van der Waals surface area contributed by atoms with Gasteiger partial charge in [-0.3, -0.25) is 0 Å². The van der Waals surface area contributed by atoms with Crippen molar-refractivity contribution in [3.63, 3.8) is 0 Å². The number of ether oxygens (including phenoxy) is 1. The predicted molar refractivity (Wildman–Crippen MR) is 77.4 cm³/mol. The molecule has 2 nitrogen and oxygen atoms in total. The topological polar surface area (TPSA) is 21.3 Å². The summed E-state index contributed by atoms with van der Waals surface area (Å²) in [5, 5.41) is 4.23. The maximum Gasteiger partial charge on any atom is 0.123 e. The molecule has 1 rings (SSSR count). The molecule has 96 valence electrons. The molecule has 0 aliphatic rings. The molecule has 0 saturated carbocycles. The molecule has 0 aliphatic heterocycles. The Balaban J connectivity index is 2.93. The van der Waals surface area contributed by atoms with Crippen LogP contribution in [-0.4, -0.2) is 25.2 Å². The second-order valence-corrected chi connectivity index (χ2v) is 5.41. The summed E-state index contributed by atoms with van der Waals surface area (Å²) in [4.78, 5) is 0. The van der Waals surface area contributed by atoms with Crippen molar-refractivity contribution < 1.29 is 4.74 Å². The number of halogens is 1. The Hall–Kier alpha value is -0.380. The summed E-state index contributed by atoms with van der Waals surface area (Å²) < 4.78 is 5.40. The van der Waals surface area contributed by atoms with Gasteiger partial charge in [0.15, 0.2) is 0 Å². The molecule has 0 amide bonds. The highest BCUT2D eigenvalue weighted by atomic mass is 35.5. The second-order valence-electron chi connectivity index (χ2n) is 3.66. The van der Waals surface area contributed by atoms with E-state index in [-0.39, 0.29) is 0 Å². The molecule has 0 aliphatic carbocycles. The van der Waals surface area contributed by atoms with Gasteiger partial charge in [-0.15, -0.1) is 0 Å². The van der Waals surface area contributed by atoms with E-state index in [2.05, 4.69) is 19.2 Å². The lowest BCUT2D eigenvalue weighted by Crippen LogP contribution is -2.23. The van der Waals surface area contributed by atoms with E-state index in [0.29, 0.717) is 6.04 Å². The molecule has 17 heavy (non-hydrogen) atoms. The normalized spacial score (nSPS) is 12.5. The molecular formula is C13H20ClNOS. The van der Waals surface area contributed by atoms with Crippen LogP contribution in [0.15, 0.2) is 18.2 Å². The van der Waals surface area contributed by atoms with Crippen LogP contribution in [0.2, 0.25) is 5.02 Å². The van der Waals surface area contributed by atoms with Gasteiger partial charge < -0.3 is 10.1 Å². The average Bonchev–Trinajstić information content (AvgIpc) is 2.34. The van der Waals surface area contributed by atoms with Crippen molar-refractivity contribution in [1.82, 2.24) is 5.32 Å². The van der Waals surface area contributed by atoms with Crippen LogP contribution in [0.1, 0.15) is 25.5 Å². The lowest BCUT2D eigenvalue weighted by atomic mass is 10.1. The fourth-order valence-corrected chi connectivity index (χ4v) is 2.67. The van der Waals surface area contributed by atoms with E-state index in [4.69, 9.17) is 16.3 Å². The second kappa shape index (κ2) is 7.85. The molecule has 1 unspecified atom stereocenters. The van der Waals surface area contributed by atoms with Crippen molar-refractivity contribution in [2.75, 3.05) is 25.2 Å². The van der Waals surface area contributed by atoms with Gasteiger partial charge >= 0.3 is 0 Å². The van der Waals surface area contributed by atoms with Crippen LogP contribution < -0.4 is 10.1 Å². The minimum Gasteiger partial charge on any atom is -0.496 e. The number of benzene rings is 1. The van der Waals surface area contributed by atoms with Crippen LogP contribution in [-0.2, 0) is 0 Å². The quantitative estimate of drug-likeness (QED) is 0.818. The van der Waals surface area contributed by atoms with E-state index >= 15 is 0 Å². The minimum atomic E-state index is 0.290. The third-order valence-corrected chi connectivity index (χ3v) is 3.72. The third kappa shape index (κ3) is 4.41. The molecule has 0 saturated heterocycles. The summed E-state index contributed by atoms with van der Waals surface area (Å²) in [7, 11) is 1.70. The van der Waals surface area contributed by atoms with E-state index in [1.807, 2.05) is 30.0 Å².